The van der Waals surface area contributed by atoms with E-state index < -0.39 is 11.3 Å². The quantitative estimate of drug-likeness (QED) is 0.230. The second-order valence-corrected chi connectivity index (χ2v) is 11.9. The summed E-state index contributed by atoms with van der Waals surface area (Å²) >= 11 is 0. The van der Waals surface area contributed by atoms with Crippen molar-refractivity contribution < 1.29 is 14.4 Å². The van der Waals surface area contributed by atoms with E-state index in [1.807, 2.05) is 94.1 Å². The monoisotopic (exact) mass is 544 g/mol. The number of hydrogen-bond donors (Lipinski definition) is 3. The molecule has 0 spiro atoms. The summed E-state index contributed by atoms with van der Waals surface area (Å²) < 4.78 is 0. The van der Waals surface area contributed by atoms with Crippen LogP contribution in [0.4, 0.5) is 11.4 Å². The minimum atomic E-state index is -0.540. The van der Waals surface area contributed by atoms with E-state index in [1.165, 1.54) is 0 Å². The molecule has 5 aromatic rings. The van der Waals surface area contributed by atoms with Crippen LogP contribution in [0.1, 0.15) is 58.2 Å². The number of rotatable bonds is 4. The number of benzene rings is 4. The number of hydrogen-bond acceptors (Lipinski definition) is 3. The fourth-order valence-electron chi connectivity index (χ4n) is 5.69. The molecule has 0 fully saturated rings. The molecule has 206 valence electrons. The van der Waals surface area contributed by atoms with Crippen molar-refractivity contribution in [2.24, 2.45) is 11.1 Å². The molecule has 7 nitrogen and oxygen atoms in total. The molecular formula is C34H32N4O3. The number of nitrogens with one attached hydrogen (secondary N) is 2. The molecule has 0 atom stereocenters. The molecule has 2 heterocycles. The van der Waals surface area contributed by atoms with Gasteiger partial charge in [0.2, 0.25) is 5.91 Å². The SMILES string of the molecule is Cc1ccc2c(c1)CN(c1cccc(-c3ccc(C(N)=O)c4[nH]c5cc(NC(=O)C(C)(C)C)ccc5c34)c1C)C2=O. The van der Waals surface area contributed by atoms with Crippen LogP contribution in [0.5, 0.6) is 0 Å². The van der Waals surface area contributed by atoms with Crippen LogP contribution >= 0.6 is 0 Å². The van der Waals surface area contributed by atoms with Gasteiger partial charge in [-0.25, -0.2) is 0 Å². The number of anilines is 2. The molecule has 1 aliphatic heterocycles. The van der Waals surface area contributed by atoms with Crippen LogP contribution < -0.4 is 16.0 Å². The Hall–Kier alpha value is -4.91. The molecule has 0 saturated carbocycles. The van der Waals surface area contributed by atoms with Gasteiger partial charge < -0.3 is 20.9 Å². The largest absolute Gasteiger partial charge is 0.366 e. The number of aromatic nitrogens is 1. The van der Waals surface area contributed by atoms with E-state index in [0.29, 0.717) is 23.3 Å². The summed E-state index contributed by atoms with van der Waals surface area (Å²) in [4.78, 5) is 43.6. The van der Waals surface area contributed by atoms with Crippen molar-refractivity contribution in [3.05, 3.63) is 94.5 Å². The zero-order valence-electron chi connectivity index (χ0n) is 23.8. The number of aromatic amines is 1. The topological polar surface area (TPSA) is 108 Å². The molecule has 0 saturated heterocycles. The van der Waals surface area contributed by atoms with Crippen LogP contribution in [0.2, 0.25) is 0 Å². The van der Waals surface area contributed by atoms with Crippen molar-refractivity contribution >= 4 is 50.9 Å². The predicted octanol–water partition coefficient (Wildman–Crippen LogP) is 6.85. The summed E-state index contributed by atoms with van der Waals surface area (Å²) in [5.41, 5.74) is 14.3. The first-order valence-electron chi connectivity index (χ1n) is 13.6. The van der Waals surface area contributed by atoms with Gasteiger partial charge in [0, 0.05) is 38.6 Å². The minimum Gasteiger partial charge on any atom is -0.366 e. The Morgan fingerprint density at radius 2 is 1.68 bits per heavy atom. The average Bonchev–Trinajstić information content (AvgIpc) is 3.44. The molecule has 0 radical (unpaired) electrons. The van der Waals surface area contributed by atoms with E-state index in [1.54, 1.807) is 6.07 Å². The number of carbonyl (C=O) groups is 3. The van der Waals surface area contributed by atoms with E-state index in [0.717, 1.165) is 55.4 Å². The lowest BCUT2D eigenvalue weighted by molar-refractivity contribution is -0.123. The third-order valence-corrected chi connectivity index (χ3v) is 7.91. The summed E-state index contributed by atoms with van der Waals surface area (Å²) in [7, 11) is 0. The predicted molar refractivity (Wildman–Crippen MR) is 164 cm³/mol. The van der Waals surface area contributed by atoms with E-state index in [-0.39, 0.29) is 11.8 Å². The Labute approximate surface area is 238 Å². The van der Waals surface area contributed by atoms with Crippen molar-refractivity contribution in [3.8, 4) is 11.1 Å². The lowest BCUT2D eigenvalue weighted by atomic mass is 9.93. The molecule has 0 bridgehead atoms. The normalized spacial score (nSPS) is 13.2. The molecule has 1 aromatic heterocycles. The Morgan fingerprint density at radius 3 is 2.41 bits per heavy atom. The van der Waals surface area contributed by atoms with Gasteiger partial charge in [-0.1, -0.05) is 62.7 Å². The van der Waals surface area contributed by atoms with Crippen molar-refractivity contribution in [2.75, 3.05) is 10.2 Å². The van der Waals surface area contributed by atoms with Gasteiger partial charge in [0.05, 0.1) is 17.6 Å². The summed E-state index contributed by atoms with van der Waals surface area (Å²) in [6, 6.07) is 21.3. The number of nitrogens with two attached hydrogens (primary N) is 1. The number of carbonyl (C=O) groups excluding carboxylic acids is 3. The zero-order chi connectivity index (χ0) is 29.2. The molecular weight excluding hydrogens is 512 g/mol. The van der Waals surface area contributed by atoms with Gasteiger partial charge in [-0.2, -0.15) is 0 Å². The summed E-state index contributed by atoms with van der Waals surface area (Å²) in [5, 5.41) is 4.74. The van der Waals surface area contributed by atoms with Gasteiger partial charge in [0.25, 0.3) is 11.8 Å². The van der Waals surface area contributed by atoms with E-state index in [9.17, 15) is 14.4 Å². The van der Waals surface area contributed by atoms with E-state index in [2.05, 4.69) is 16.4 Å². The summed E-state index contributed by atoms with van der Waals surface area (Å²) in [6.07, 6.45) is 0. The molecule has 41 heavy (non-hydrogen) atoms. The lowest BCUT2D eigenvalue weighted by Crippen LogP contribution is -2.27. The van der Waals surface area contributed by atoms with Crippen LogP contribution in [0.15, 0.2) is 66.7 Å². The van der Waals surface area contributed by atoms with Crippen LogP contribution in [0.25, 0.3) is 32.9 Å². The van der Waals surface area contributed by atoms with E-state index in [4.69, 9.17) is 5.73 Å². The van der Waals surface area contributed by atoms with Gasteiger partial charge in [-0.15, -0.1) is 0 Å². The van der Waals surface area contributed by atoms with Gasteiger partial charge in [0.1, 0.15) is 0 Å². The fourth-order valence-corrected chi connectivity index (χ4v) is 5.69. The number of primary amides is 1. The van der Waals surface area contributed by atoms with Crippen LogP contribution in [0.3, 0.4) is 0 Å². The summed E-state index contributed by atoms with van der Waals surface area (Å²) in [6.45, 7) is 10.2. The number of aryl methyl sites for hydroxylation is 1. The first-order chi connectivity index (χ1) is 19.4. The average molecular weight is 545 g/mol. The molecule has 0 unspecified atom stereocenters. The lowest BCUT2D eigenvalue weighted by Gasteiger charge is -2.21. The second-order valence-electron chi connectivity index (χ2n) is 11.9. The fraction of sp³-hybridized carbons (Fsp3) is 0.206. The Kier molecular flexibility index (Phi) is 5.99. The van der Waals surface area contributed by atoms with Crippen molar-refractivity contribution in [1.82, 2.24) is 4.98 Å². The molecule has 0 aliphatic carbocycles. The number of nitrogens with zero attached hydrogens (tertiary/aromatic N) is 1. The van der Waals surface area contributed by atoms with Gasteiger partial charge in [-0.05, 0) is 66.4 Å². The van der Waals surface area contributed by atoms with E-state index >= 15 is 0 Å². The van der Waals surface area contributed by atoms with Gasteiger partial charge in [-0.3, -0.25) is 14.4 Å². The highest BCUT2D eigenvalue weighted by atomic mass is 16.2. The maximum absolute atomic E-state index is 13.4. The van der Waals surface area contributed by atoms with Gasteiger partial charge in [0.15, 0.2) is 0 Å². The maximum atomic E-state index is 13.4. The Morgan fingerprint density at radius 1 is 0.927 bits per heavy atom. The van der Waals surface area contributed by atoms with Crippen LogP contribution in [0, 0.1) is 19.3 Å². The number of fused-ring (bicyclic) bond motifs is 4. The zero-order valence-corrected chi connectivity index (χ0v) is 23.8. The molecule has 4 N–H and O–H groups in total. The third kappa shape index (κ3) is 4.34. The standard InChI is InChI=1S/C34H32N4O3/c1-18-9-11-23-20(15-18)17-38(32(23)40)28-8-6-7-22(19(28)2)24-13-14-26(31(35)39)30-29(24)25-12-10-21(16-27(25)37-30)36-33(41)34(3,4)5/h6-16,37H,17H2,1-5H3,(H2,35,39)(H,36,41). The highest BCUT2D eigenvalue weighted by Crippen LogP contribution is 2.41. The summed E-state index contributed by atoms with van der Waals surface area (Å²) in [5.74, 6) is -0.630. The Balaban J connectivity index is 1.50. The van der Waals surface area contributed by atoms with Gasteiger partial charge >= 0.3 is 0 Å². The molecule has 4 aromatic carbocycles. The van der Waals surface area contributed by atoms with Crippen LogP contribution in [-0.2, 0) is 11.3 Å². The minimum absolute atomic E-state index is 0.00796. The maximum Gasteiger partial charge on any atom is 0.258 e. The first kappa shape index (κ1) is 26.3. The van der Waals surface area contributed by atoms with Crippen molar-refractivity contribution in [2.45, 2.75) is 41.2 Å². The first-order valence-corrected chi connectivity index (χ1v) is 13.6. The van der Waals surface area contributed by atoms with Crippen LogP contribution in [-0.4, -0.2) is 22.7 Å². The smallest absolute Gasteiger partial charge is 0.258 e. The molecule has 7 heteroatoms. The molecule has 3 amide bonds. The third-order valence-electron chi connectivity index (χ3n) is 7.91. The van der Waals surface area contributed by atoms with Crippen molar-refractivity contribution in [1.29, 1.82) is 0 Å². The molecule has 6 rings (SSSR count). The highest BCUT2D eigenvalue weighted by Gasteiger charge is 2.30. The number of amides is 3. The van der Waals surface area contributed by atoms with Crippen molar-refractivity contribution in [3.63, 3.8) is 0 Å². The highest BCUT2D eigenvalue weighted by molar-refractivity contribution is 6.21. The number of H-pyrrole nitrogens is 1. The Bertz CT molecular complexity index is 1930. The molecule has 1 aliphatic rings. The second kappa shape index (κ2) is 9.34.